The fraction of sp³-hybridized carbons (Fsp3) is 0.409. The number of benzene rings is 2. The van der Waals surface area contributed by atoms with E-state index in [9.17, 15) is 9.90 Å². The third-order valence-corrected chi connectivity index (χ3v) is 5.17. The van der Waals surface area contributed by atoms with Gasteiger partial charge in [0.2, 0.25) is 0 Å². The minimum atomic E-state index is -0.980. The van der Waals surface area contributed by atoms with E-state index >= 15 is 0 Å². The Morgan fingerprint density at radius 3 is 1.89 bits per heavy atom. The minimum absolute atomic E-state index is 0. The van der Waals surface area contributed by atoms with E-state index in [4.69, 9.17) is 0 Å². The number of rotatable bonds is 7. The maximum atomic E-state index is 10.8. The van der Waals surface area contributed by atoms with Crippen molar-refractivity contribution in [3.8, 4) is 0 Å². The van der Waals surface area contributed by atoms with Gasteiger partial charge in [0.1, 0.15) is 0 Å². The molecule has 0 saturated carbocycles. The van der Waals surface area contributed by atoms with Gasteiger partial charge in [-0.3, -0.25) is 4.90 Å². The molecule has 4 nitrogen and oxygen atoms in total. The van der Waals surface area contributed by atoms with Crippen LogP contribution in [0, 0.1) is 0 Å². The molecule has 2 aromatic rings. The van der Waals surface area contributed by atoms with Gasteiger partial charge in [-0.1, -0.05) is 60.7 Å². The Bertz CT molecular complexity index is 646. The Morgan fingerprint density at radius 2 is 1.36 bits per heavy atom. The first-order chi connectivity index (χ1) is 12.7. The molecule has 0 aliphatic carbocycles. The average molecular weight is 398 g/mol. The number of nitrogens with zero attached hydrogens (tertiary/aromatic N) is 2. The molecule has 0 radical (unpaired) electrons. The number of hydrogen-bond donors (Lipinski definition) is 0. The van der Waals surface area contributed by atoms with Crippen molar-refractivity contribution in [3.63, 3.8) is 0 Å². The van der Waals surface area contributed by atoms with Crippen molar-refractivity contribution in [2.24, 2.45) is 0 Å². The van der Waals surface area contributed by atoms with E-state index in [0.717, 1.165) is 45.6 Å². The summed E-state index contributed by atoms with van der Waals surface area (Å²) in [5.41, 5.74) is 2.71. The number of carboxylic acids is 1. The van der Waals surface area contributed by atoms with Crippen LogP contribution in [0.4, 0.5) is 0 Å². The second-order valence-electron chi connectivity index (χ2n) is 7.01. The van der Waals surface area contributed by atoms with Crippen LogP contribution in [0.15, 0.2) is 60.7 Å². The van der Waals surface area contributed by atoms with Gasteiger partial charge in [0.05, 0.1) is 5.97 Å². The third kappa shape index (κ3) is 8.29. The molecular formula is C22H28N2Na2O2. The maximum absolute atomic E-state index is 10.8. The summed E-state index contributed by atoms with van der Waals surface area (Å²) in [4.78, 5) is 15.3. The van der Waals surface area contributed by atoms with Crippen molar-refractivity contribution in [3.05, 3.63) is 71.8 Å². The van der Waals surface area contributed by atoms with Gasteiger partial charge in [-0.2, -0.15) is 0 Å². The first kappa shape index (κ1) is 25.9. The topological polar surface area (TPSA) is 46.6 Å². The SMILES string of the molecule is O=C([O-])CN1CCCN(CCC(c2ccccc2)c2ccccc2)CC1.[Na+].[NaH]. The molecule has 1 aliphatic rings. The average Bonchev–Trinajstić information content (AvgIpc) is 2.88. The number of carbonyl (C=O) groups excluding carboxylic acids is 1. The van der Waals surface area contributed by atoms with Crippen molar-refractivity contribution in [1.29, 1.82) is 0 Å². The van der Waals surface area contributed by atoms with Gasteiger partial charge in [-0.15, -0.1) is 0 Å². The molecule has 1 saturated heterocycles. The van der Waals surface area contributed by atoms with Crippen LogP contribution >= 0.6 is 0 Å². The van der Waals surface area contributed by atoms with Crippen LogP contribution in [0.1, 0.15) is 29.9 Å². The van der Waals surface area contributed by atoms with Crippen molar-refractivity contribution in [1.82, 2.24) is 9.80 Å². The number of aliphatic carboxylic acids is 1. The molecule has 1 heterocycles. The first-order valence-corrected chi connectivity index (χ1v) is 9.47. The Balaban J connectivity index is 0.00000196. The number of hydrogen-bond acceptors (Lipinski definition) is 4. The van der Waals surface area contributed by atoms with Gasteiger partial charge >= 0.3 is 59.1 Å². The number of carboxylic acid groups (broad SMARTS) is 1. The summed E-state index contributed by atoms with van der Waals surface area (Å²) in [6, 6.07) is 21.4. The van der Waals surface area contributed by atoms with Crippen molar-refractivity contribution in [2.75, 3.05) is 39.3 Å². The molecule has 1 aliphatic heterocycles. The normalized spacial score (nSPS) is 15.3. The van der Waals surface area contributed by atoms with Crippen LogP contribution in [-0.2, 0) is 4.79 Å². The molecule has 0 bridgehead atoms. The molecule has 28 heavy (non-hydrogen) atoms. The van der Waals surface area contributed by atoms with Gasteiger partial charge in [-0.25, -0.2) is 0 Å². The second kappa shape index (κ2) is 13.9. The van der Waals surface area contributed by atoms with Crippen molar-refractivity contribution >= 4 is 35.5 Å². The summed E-state index contributed by atoms with van der Waals surface area (Å²) in [6.07, 6.45) is 2.07. The van der Waals surface area contributed by atoms with Gasteiger partial charge in [0.15, 0.2) is 0 Å². The fourth-order valence-corrected chi connectivity index (χ4v) is 3.80. The van der Waals surface area contributed by atoms with E-state index < -0.39 is 5.97 Å². The molecule has 1 fully saturated rings. The van der Waals surface area contributed by atoms with Crippen LogP contribution < -0.4 is 34.7 Å². The molecule has 6 heteroatoms. The first-order valence-electron chi connectivity index (χ1n) is 9.47. The zero-order valence-corrected chi connectivity index (χ0v) is 18.2. The Hall–Kier alpha value is -0.170. The standard InChI is InChI=1S/C22H28N2O2.2Na.H/c25-22(26)18-24-14-7-13-23(16-17-24)15-12-21(19-8-3-1-4-9-19)20-10-5-2-6-11-20;;;/h1-6,8-11,21H,7,12-18H2,(H,25,26);;;/q;;+1;/p-1. The Labute approximate surface area is 212 Å². The molecule has 2 aromatic carbocycles. The summed E-state index contributed by atoms with van der Waals surface area (Å²) < 4.78 is 0. The van der Waals surface area contributed by atoms with Crippen LogP contribution in [0.5, 0.6) is 0 Å². The molecule has 0 atom stereocenters. The molecule has 0 amide bonds. The van der Waals surface area contributed by atoms with Gasteiger partial charge in [0.25, 0.3) is 0 Å². The predicted molar refractivity (Wildman–Crippen MR) is 109 cm³/mol. The fourth-order valence-electron chi connectivity index (χ4n) is 3.80. The van der Waals surface area contributed by atoms with Crippen LogP contribution in [0.25, 0.3) is 0 Å². The third-order valence-electron chi connectivity index (χ3n) is 5.17. The Morgan fingerprint density at radius 1 is 0.857 bits per heavy atom. The molecule has 0 unspecified atom stereocenters. The summed E-state index contributed by atoms with van der Waals surface area (Å²) in [6.45, 7) is 4.65. The number of carbonyl (C=O) groups is 1. The Kier molecular flexibility index (Phi) is 12.9. The molecule has 3 rings (SSSR count). The van der Waals surface area contributed by atoms with Crippen LogP contribution in [0.3, 0.4) is 0 Å². The molecular weight excluding hydrogens is 370 g/mol. The molecule has 140 valence electrons. The second-order valence-corrected chi connectivity index (χ2v) is 7.01. The quantitative estimate of drug-likeness (QED) is 0.523. The summed E-state index contributed by atoms with van der Waals surface area (Å²) >= 11 is 0. The van der Waals surface area contributed by atoms with E-state index in [1.165, 1.54) is 11.1 Å². The zero-order chi connectivity index (χ0) is 18.2. The predicted octanol–water partition coefficient (Wildman–Crippen LogP) is -1.68. The molecule has 0 aromatic heterocycles. The zero-order valence-electron chi connectivity index (χ0n) is 16.2. The van der Waals surface area contributed by atoms with E-state index in [0.29, 0.717) is 5.92 Å². The molecule has 0 N–H and O–H groups in total. The van der Waals surface area contributed by atoms with Crippen LogP contribution in [0.2, 0.25) is 0 Å². The van der Waals surface area contributed by atoms with Gasteiger partial charge < -0.3 is 14.8 Å². The van der Waals surface area contributed by atoms with Crippen molar-refractivity contribution < 1.29 is 39.5 Å². The van der Waals surface area contributed by atoms with Gasteiger partial charge in [-0.05, 0) is 43.6 Å². The monoisotopic (exact) mass is 398 g/mol. The summed E-state index contributed by atoms with van der Waals surface area (Å²) in [5.74, 6) is -0.591. The van der Waals surface area contributed by atoms with Gasteiger partial charge in [0, 0.05) is 25.6 Å². The van der Waals surface area contributed by atoms with Crippen molar-refractivity contribution in [2.45, 2.75) is 18.8 Å². The summed E-state index contributed by atoms with van der Waals surface area (Å²) in [7, 11) is 0. The van der Waals surface area contributed by atoms with E-state index in [1.807, 2.05) is 4.90 Å². The molecule has 0 spiro atoms. The van der Waals surface area contributed by atoms with Crippen LogP contribution in [-0.4, -0.2) is 84.6 Å². The van der Waals surface area contributed by atoms with E-state index in [-0.39, 0.29) is 65.7 Å². The van der Waals surface area contributed by atoms with E-state index in [1.54, 1.807) is 0 Å². The van der Waals surface area contributed by atoms with E-state index in [2.05, 4.69) is 65.6 Å². The summed E-state index contributed by atoms with van der Waals surface area (Å²) in [5, 5.41) is 10.8.